The topological polar surface area (TPSA) is 0 Å². The summed E-state index contributed by atoms with van der Waals surface area (Å²) in [6, 6.07) is 8.35. The summed E-state index contributed by atoms with van der Waals surface area (Å²) in [5.41, 5.74) is 2.67. The summed E-state index contributed by atoms with van der Waals surface area (Å²) in [4.78, 5) is 0. The molecule has 0 saturated heterocycles. The van der Waals surface area contributed by atoms with Gasteiger partial charge in [-0.05, 0) is 23.6 Å². The maximum Gasteiger partial charge on any atom is 0.0247 e. The largest absolute Gasteiger partial charge is 0.0880 e. The second-order valence-corrected chi connectivity index (χ2v) is 5.04. The van der Waals surface area contributed by atoms with Gasteiger partial charge in [0.05, 0.1) is 0 Å². The molecule has 0 N–H and O–H groups in total. The number of allylic oxidation sites excluding steroid dienone is 1. The van der Waals surface area contributed by atoms with Crippen molar-refractivity contribution in [2.45, 2.75) is 13.8 Å². The number of rotatable bonds is 3. The molecule has 1 aromatic rings. The van der Waals surface area contributed by atoms with Crippen LogP contribution in [0.4, 0.5) is 0 Å². The highest BCUT2D eigenvalue weighted by molar-refractivity contribution is 9.10. The fourth-order valence-electron chi connectivity index (χ4n) is 1.17. The third-order valence-corrected chi connectivity index (χ3v) is 3.24. The van der Waals surface area contributed by atoms with Gasteiger partial charge in [0.15, 0.2) is 0 Å². The van der Waals surface area contributed by atoms with Gasteiger partial charge in [0.2, 0.25) is 0 Å². The Kier molecular flexibility index (Phi) is 4.90. The van der Waals surface area contributed by atoms with Crippen molar-refractivity contribution in [3.63, 3.8) is 0 Å². The molecule has 0 aliphatic rings. The Bertz CT molecular complexity index is 327. The van der Waals surface area contributed by atoms with E-state index in [1.807, 2.05) is 6.07 Å². The molecular formula is C12H14Br2. The molecule has 0 aliphatic carbocycles. The Hall–Kier alpha value is -0.0800. The molecule has 0 amide bonds. The first-order chi connectivity index (χ1) is 6.63. The molecule has 0 fully saturated rings. The van der Waals surface area contributed by atoms with E-state index in [1.165, 1.54) is 11.1 Å². The molecule has 1 aromatic carbocycles. The summed E-state index contributed by atoms with van der Waals surface area (Å²) in [6.45, 7) is 4.43. The molecule has 0 radical (unpaired) electrons. The minimum absolute atomic E-state index is 0.591. The van der Waals surface area contributed by atoms with Crippen molar-refractivity contribution in [1.29, 1.82) is 0 Å². The van der Waals surface area contributed by atoms with E-state index >= 15 is 0 Å². The van der Waals surface area contributed by atoms with Gasteiger partial charge < -0.3 is 0 Å². The predicted octanol–water partition coefficient (Wildman–Crippen LogP) is 4.88. The molecule has 2 heteroatoms. The molecule has 0 nitrogen and oxygen atoms in total. The SMILES string of the molecule is CC(C)C(=Cc1cccc(Br)c1)CBr. The van der Waals surface area contributed by atoms with Crippen LogP contribution in [-0.4, -0.2) is 5.33 Å². The summed E-state index contributed by atoms with van der Waals surface area (Å²) in [5, 5.41) is 0.942. The fourth-order valence-corrected chi connectivity index (χ4v) is 2.40. The summed E-state index contributed by atoms with van der Waals surface area (Å²) in [5.74, 6) is 0.591. The normalized spacial score (nSPS) is 12.2. The van der Waals surface area contributed by atoms with Crippen molar-refractivity contribution in [2.24, 2.45) is 5.92 Å². The minimum atomic E-state index is 0.591. The highest BCUT2D eigenvalue weighted by Crippen LogP contribution is 2.19. The standard InChI is InChI=1S/C12H14Br2/c1-9(2)11(8-13)6-10-4-3-5-12(14)7-10/h3-7,9H,8H2,1-2H3. The van der Waals surface area contributed by atoms with Gasteiger partial charge in [0, 0.05) is 9.80 Å². The molecule has 0 heterocycles. The summed E-state index contributed by atoms with van der Waals surface area (Å²) in [7, 11) is 0. The van der Waals surface area contributed by atoms with E-state index in [4.69, 9.17) is 0 Å². The second kappa shape index (κ2) is 5.72. The highest BCUT2D eigenvalue weighted by Gasteiger charge is 2.01. The lowest BCUT2D eigenvalue weighted by Crippen LogP contribution is -1.94. The van der Waals surface area contributed by atoms with Crippen LogP contribution in [0.5, 0.6) is 0 Å². The van der Waals surface area contributed by atoms with Crippen molar-refractivity contribution in [2.75, 3.05) is 5.33 Å². The molecule has 0 spiro atoms. The average Bonchev–Trinajstić information content (AvgIpc) is 2.14. The van der Waals surface area contributed by atoms with E-state index in [1.54, 1.807) is 0 Å². The molecule has 0 atom stereocenters. The van der Waals surface area contributed by atoms with Gasteiger partial charge in [-0.25, -0.2) is 0 Å². The van der Waals surface area contributed by atoms with E-state index in [0.717, 1.165) is 9.80 Å². The van der Waals surface area contributed by atoms with Crippen LogP contribution < -0.4 is 0 Å². The number of hydrogen-bond acceptors (Lipinski definition) is 0. The van der Waals surface area contributed by atoms with Crippen molar-refractivity contribution in [3.8, 4) is 0 Å². The van der Waals surface area contributed by atoms with Crippen molar-refractivity contribution < 1.29 is 0 Å². The van der Waals surface area contributed by atoms with E-state index in [0.29, 0.717) is 5.92 Å². The van der Waals surface area contributed by atoms with Crippen molar-refractivity contribution >= 4 is 37.9 Å². The predicted molar refractivity (Wildman–Crippen MR) is 70.8 cm³/mol. The first-order valence-corrected chi connectivity index (χ1v) is 6.57. The van der Waals surface area contributed by atoms with E-state index < -0.39 is 0 Å². The lowest BCUT2D eigenvalue weighted by atomic mass is 10.0. The Labute approximate surface area is 103 Å². The summed E-state index contributed by atoms with van der Waals surface area (Å²) < 4.78 is 1.13. The summed E-state index contributed by atoms with van der Waals surface area (Å²) in [6.07, 6.45) is 2.24. The molecule has 76 valence electrons. The smallest absolute Gasteiger partial charge is 0.0247 e. The van der Waals surface area contributed by atoms with Gasteiger partial charge >= 0.3 is 0 Å². The van der Waals surface area contributed by atoms with Gasteiger partial charge in [-0.1, -0.05) is 69.5 Å². The molecule has 1 rings (SSSR count). The number of alkyl halides is 1. The molecule has 0 unspecified atom stereocenters. The zero-order valence-electron chi connectivity index (χ0n) is 8.43. The van der Waals surface area contributed by atoms with Crippen LogP contribution in [0, 0.1) is 5.92 Å². The van der Waals surface area contributed by atoms with Crippen LogP contribution in [0.15, 0.2) is 34.3 Å². The van der Waals surface area contributed by atoms with Crippen molar-refractivity contribution in [3.05, 3.63) is 39.9 Å². The first kappa shape index (κ1) is 12.0. The highest BCUT2D eigenvalue weighted by atomic mass is 79.9. The molecule has 0 aromatic heterocycles. The Morgan fingerprint density at radius 3 is 2.64 bits per heavy atom. The first-order valence-electron chi connectivity index (χ1n) is 4.65. The van der Waals surface area contributed by atoms with Gasteiger partial charge in [0.1, 0.15) is 0 Å². The summed E-state index contributed by atoms with van der Waals surface area (Å²) >= 11 is 6.98. The molecule has 0 saturated carbocycles. The monoisotopic (exact) mass is 316 g/mol. The quantitative estimate of drug-likeness (QED) is 0.697. The molecule has 14 heavy (non-hydrogen) atoms. The Balaban J connectivity index is 2.94. The van der Waals surface area contributed by atoms with E-state index in [-0.39, 0.29) is 0 Å². The minimum Gasteiger partial charge on any atom is -0.0880 e. The van der Waals surface area contributed by atoms with Crippen LogP contribution in [0.2, 0.25) is 0 Å². The maximum atomic E-state index is 3.51. The lowest BCUT2D eigenvalue weighted by Gasteiger charge is -2.07. The third-order valence-electron chi connectivity index (χ3n) is 2.10. The molecular weight excluding hydrogens is 304 g/mol. The number of benzene rings is 1. The van der Waals surface area contributed by atoms with Gasteiger partial charge in [-0.2, -0.15) is 0 Å². The van der Waals surface area contributed by atoms with Crippen molar-refractivity contribution in [1.82, 2.24) is 0 Å². The van der Waals surface area contributed by atoms with Crippen LogP contribution in [0.25, 0.3) is 6.08 Å². The average molecular weight is 318 g/mol. The second-order valence-electron chi connectivity index (χ2n) is 3.56. The van der Waals surface area contributed by atoms with E-state index in [9.17, 15) is 0 Å². The maximum absolute atomic E-state index is 3.51. The van der Waals surface area contributed by atoms with Gasteiger partial charge in [-0.15, -0.1) is 0 Å². The van der Waals surface area contributed by atoms with Crippen LogP contribution in [0.1, 0.15) is 19.4 Å². The Morgan fingerprint density at radius 2 is 2.14 bits per heavy atom. The van der Waals surface area contributed by atoms with Gasteiger partial charge in [0.25, 0.3) is 0 Å². The third kappa shape index (κ3) is 3.58. The van der Waals surface area contributed by atoms with Crippen LogP contribution >= 0.6 is 31.9 Å². The van der Waals surface area contributed by atoms with Crippen LogP contribution in [-0.2, 0) is 0 Å². The number of hydrogen-bond donors (Lipinski definition) is 0. The Morgan fingerprint density at radius 1 is 1.43 bits per heavy atom. The fraction of sp³-hybridized carbons (Fsp3) is 0.333. The molecule has 0 aliphatic heterocycles. The number of halogens is 2. The lowest BCUT2D eigenvalue weighted by molar-refractivity contribution is 0.781. The molecule has 0 bridgehead atoms. The zero-order valence-corrected chi connectivity index (χ0v) is 11.6. The zero-order chi connectivity index (χ0) is 10.6. The van der Waals surface area contributed by atoms with Crippen LogP contribution in [0.3, 0.4) is 0 Å². The van der Waals surface area contributed by atoms with Gasteiger partial charge in [-0.3, -0.25) is 0 Å². The van der Waals surface area contributed by atoms with E-state index in [2.05, 4.69) is 70.0 Å².